The first-order chi connectivity index (χ1) is 33.1. The zero-order valence-corrected chi connectivity index (χ0v) is 44.0. The third-order valence-electron chi connectivity index (χ3n) is 15.0. The van der Waals surface area contributed by atoms with E-state index in [0.717, 1.165) is 6.42 Å². The summed E-state index contributed by atoms with van der Waals surface area (Å²) in [7, 11) is 3.12. The number of hydrogen-bond donors (Lipinski definition) is 3. The summed E-state index contributed by atoms with van der Waals surface area (Å²) in [5, 5.41) is 32.5. The summed E-state index contributed by atoms with van der Waals surface area (Å²) in [6, 6.07) is -1.15. The number of esters is 1. The van der Waals surface area contributed by atoms with E-state index in [1.807, 2.05) is 59.8 Å². The predicted molar refractivity (Wildman–Crippen MR) is 265 cm³/mol. The summed E-state index contributed by atoms with van der Waals surface area (Å²) in [6.07, 6.45) is 11.4. The minimum absolute atomic E-state index is 0.0262. The molecule has 2 saturated heterocycles. The standard InChI is InChI=1S/C55H87NO14/c1-33(2)68-50-39(8)28-36(5)45(59)32-47(37(6)29-41-21-23-46(67-26-25-57)48(30-41)65-10)69-54(63)43-19-15-16-24-56(43)53(62)52(61)55(64)40(9)20-22-42(70-55)31-44(58)35(4)18-14-12-13-17-34(3)27-38(7)49(60)51(50)66-11/h12-14,17-18,28,33-34,36-38,40-44,46-48,50-51,57-58,64H,15-16,19-27,29-32H2,1-11H3/b14-12+,17-13+,35-18+,39-28+/t34-,36-,37-,38-,40-,41+,42+,43+,44+,46-,47+,48-,50-,51+,55-/m1/s1. The Hall–Kier alpha value is -3.41. The number of methoxy groups -OCH3 is 2. The Balaban J connectivity index is 1.73. The van der Waals surface area contributed by atoms with Gasteiger partial charge in [0.15, 0.2) is 5.78 Å². The highest BCUT2D eigenvalue weighted by atomic mass is 16.6. The van der Waals surface area contributed by atoms with Gasteiger partial charge in [0, 0.05) is 51.4 Å². The summed E-state index contributed by atoms with van der Waals surface area (Å²) in [6.45, 7) is 16.8. The molecule has 396 valence electrons. The first kappa shape index (κ1) is 59.2. The first-order valence-corrected chi connectivity index (χ1v) is 26.0. The van der Waals surface area contributed by atoms with Gasteiger partial charge in [-0.2, -0.15) is 0 Å². The van der Waals surface area contributed by atoms with Gasteiger partial charge < -0.3 is 48.6 Å². The summed E-state index contributed by atoms with van der Waals surface area (Å²) < 4.78 is 36.4. The number of cyclic esters (lactones) is 1. The second-order valence-electron chi connectivity index (χ2n) is 21.1. The van der Waals surface area contributed by atoms with Crippen LogP contribution in [0.5, 0.6) is 0 Å². The van der Waals surface area contributed by atoms with Crippen molar-refractivity contribution in [1.82, 2.24) is 4.90 Å². The van der Waals surface area contributed by atoms with Gasteiger partial charge >= 0.3 is 5.97 Å². The number of hydrogen-bond acceptors (Lipinski definition) is 14. The number of carbonyl (C=O) groups excluding carboxylic acids is 5. The third kappa shape index (κ3) is 16.3. The lowest BCUT2D eigenvalue weighted by molar-refractivity contribution is -0.265. The average Bonchev–Trinajstić information content (AvgIpc) is 3.32. The number of amides is 1. The molecule has 3 N–H and O–H groups in total. The van der Waals surface area contributed by atoms with Gasteiger partial charge in [0.1, 0.15) is 30.1 Å². The van der Waals surface area contributed by atoms with E-state index in [-0.39, 0.29) is 92.6 Å². The number of ketones is 3. The van der Waals surface area contributed by atoms with Crippen LogP contribution in [0, 0.1) is 35.5 Å². The monoisotopic (exact) mass is 986 g/mol. The van der Waals surface area contributed by atoms with E-state index in [1.54, 1.807) is 46.1 Å². The number of ether oxygens (including phenoxy) is 6. The molecule has 70 heavy (non-hydrogen) atoms. The van der Waals surface area contributed by atoms with Crippen LogP contribution in [-0.2, 0) is 52.4 Å². The molecule has 4 aliphatic rings. The Morgan fingerprint density at radius 2 is 1.57 bits per heavy atom. The molecule has 3 aliphatic heterocycles. The molecule has 3 fully saturated rings. The topological polar surface area (TPSA) is 205 Å². The van der Waals surface area contributed by atoms with Crippen LogP contribution in [0.15, 0.2) is 47.6 Å². The van der Waals surface area contributed by atoms with Crippen molar-refractivity contribution in [3.63, 3.8) is 0 Å². The number of allylic oxidation sites excluding steroid dienone is 6. The molecular weight excluding hydrogens is 899 g/mol. The number of aliphatic hydroxyl groups is 3. The Labute approximate surface area is 417 Å². The molecule has 0 spiro atoms. The highest BCUT2D eigenvalue weighted by Crippen LogP contribution is 2.38. The van der Waals surface area contributed by atoms with Crippen molar-refractivity contribution < 1.29 is 67.7 Å². The van der Waals surface area contributed by atoms with Gasteiger partial charge in [-0.1, -0.05) is 71.1 Å². The minimum atomic E-state index is -2.48. The Kier molecular flexibility index (Phi) is 23.8. The largest absolute Gasteiger partial charge is 0.460 e. The summed E-state index contributed by atoms with van der Waals surface area (Å²) in [5.74, 6) is -7.76. The number of nitrogens with zero attached hydrogens (tertiary/aromatic N) is 1. The van der Waals surface area contributed by atoms with Gasteiger partial charge in [0.2, 0.25) is 5.79 Å². The normalized spacial score (nSPS) is 38.5. The van der Waals surface area contributed by atoms with Crippen LogP contribution in [0.4, 0.5) is 0 Å². The summed E-state index contributed by atoms with van der Waals surface area (Å²) >= 11 is 0. The van der Waals surface area contributed by atoms with Crippen molar-refractivity contribution in [2.75, 3.05) is 34.0 Å². The first-order valence-electron chi connectivity index (χ1n) is 26.0. The fourth-order valence-electron chi connectivity index (χ4n) is 10.7. The van der Waals surface area contributed by atoms with E-state index < -0.39 is 71.8 Å². The van der Waals surface area contributed by atoms with Crippen molar-refractivity contribution in [2.24, 2.45) is 35.5 Å². The van der Waals surface area contributed by atoms with Crippen molar-refractivity contribution >= 4 is 29.2 Å². The molecule has 0 aromatic carbocycles. The zero-order valence-electron chi connectivity index (χ0n) is 44.0. The molecule has 0 radical (unpaired) electrons. The summed E-state index contributed by atoms with van der Waals surface area (Å²) in [4.78, 5) is 72.8. The number of piperidine rings is 1. The maximum atomic E-state index is 14.5. The Bertz CT molecular complexity index is 1860. The molecule has 2 bridgehead atoms. The smallest absolute Gasteiger partial charge is 0.329 e. The van der Waals surface area contributed by atoms with Gasteiger partial charge in [0.25, 0.3) is 11.7 Å². The lowest BCUT2D eigenvalue weighted by atomic mass is 9.78. The van der Waals surface area contributed by atoms with Crippen LogP contribution in [0.25, 0.3) is 0 Å². The second kappa shape index (κ2) is 28.2. The molecule has 1 amide bonds. The quantitative estimate of drug-likeness (QED) is 0.115. The average molecular weight is 986 g/mol. The number of rotatable bonds is 10. The van der Waals surface area contributed by atoms with Gasteiger partial charge in [-0.15, -0.1) is 0 Å². The fraction of sp³-hybridized carbons (Fsp3) is 0.764. The minimum Gasteiger partial charge on any atom is -0.460 e. The molecule has 15 nitrogen and oxygen atoms in total. The Morgan fingerprint density at radius 3 is 2.24 bits per heavy atom. The molecule has 0 aromatic heterocycles. The van der Waals surface area contributed by atoms with Crippen LogP contribution >= 0.6 is 0 Å². The number of Topliss-reactive ketones (excluding diaryl/α,β-unsaturated/α-hetero) is 3. The van der Waals surface area contributed by atoms with E-state index in [2.05, 4.69) is 0 Å². The maximum absolute atomic E-state index is 14.5. The molecule has 4 rings (SSSR count). The van der Waals surface area contributed by atoms with Crippen molar-refractivity contribution in [3.05, 3.63) is 47.6 Å². The lowest BCUT2D eigenvalue weighted by Crippen LogP contribution is -2.61. The highest BCUT2D eigenvalue weighted by molar-refractivity contribution is 6.39. The molecular formula is C55H87NO14. The molecule has 15 atom stereocenters. The van der Waals surface area contributed by atoms with Gasteiger partial charge in [0.05, 0.1) is 43.7 Å². The van der Waals surface area contributed by atoms with E-state index >= 15 is 0 Å². The molecule has 0 aromatic rings. The van der Waals surface area contributed by atoms with E-state index in [0.29, 0.717) is 62.5 Å². The van der Waals surface area contributed by atoms with Crippen LogP contribution in [0.1, 0.15) is 139 Å². The van der Waals surface area contributed by atoms with E-state index in [4.69, 9.17) is 28.4 Å². The van der Waals surface area contributed by atoms with E-state index in [9.17, 15) is 39.3 Å². The second-order valence-corrected chi connectivity index (χ2v) is 21.1. The molecule has 15 heteroatoms. The van der Waals surface area contributed by atoms with Crippen molar-refractivity contribution in [1.29, 1.82) is 0 Å². The third-order valence-corrected chi connectivity index (χ3v) is 15.0. The van der Waals surface area contributed by atoms with Crippen LogP contribution in [0.2, 0.25) is 0 Å². The fourth-order valence-corrected chi connectivity index (χ4v) is 10.7. The lowest BCUT2D eigenvalue weighted by Gasteiger charge is -2.42. The zero-order chi connectivity index (χ0) is 51.9. The number of carbonyl (C=O) groups is 5. The van der Waals surface area contributed by atoms with Crippen molar-refractivity contribution in [3.8, 4) is 0 Å². The van der Waals surface area contributed by atoms with Crippen molar-refractivity contribution in [2.45, 2.75) is 200 Å². The summed E-state index contributed by atoms with van der Waals surface area (Å²) in [5.41, 5.74) is 1.28. The van der Waals surface area contributed by atoms with Gasteiger partial charge in [-0.25, -0.2) is 4.79 Å². The van der Waals surface area contributed by atoms with Crippen LogP contribution < -0.4 is 0 Å². The van der Waals surface area contributed by atoms with E-state index in [1.165, 1.54) is 12.0 Å². The Morgan fingerprint density at radius 1 is 0.843 bits per heavy atom. The molecule has 1 saturated carbocycles. The maximum Gasteiger partial charge on any atom is 0.329 e. The van der Waals surface area contributed by atoms with Crippen LogP contribution in [-0.4, -0.2) is 144 Å². The van der Waals surface area contributed by atoms with Crippen LogP contribution in [0.3, 0.4) is 0 Å². The number of fused-ring (bicyclic) bond motifs is 3. The van der Waals surface area contributed by atoms with Gasteiger partial charge in [-0.3, -0.25) is 19.2 Å². The highest BCUT2D eigenvalue weighted by Gasteiger charge is 2.53. The van der Waals surface area contributed by atoms with Gasteiger partial charge in [-0.05, 0) is 121 Å². The molecule has 3 heterocycles. The number of aliphatic hydroxyl groups excluding tert-OH is 2. The predicted octanol–water partition coefficient (Wildman–Crippen LogP) is 6.98. The molecule has 1 aliphatic carbocycles. The molecule has 0 unspecified atom stereocenters. The SMILES string of the molecule is CO[C@@H]1C[C@H](C[C@@H](C)[C@@H]2CC(=O)[C@H](C)/C=C(\C)[C@@H](OC(C)C)[C@@H](OC)C(=O)[C@H](C)C[C@H](C)/C=C/C=C/C=C(\C)[C@@H](O)C[C@@H]3CC[C@@H](C)[C@@](O)(O3)C(=O)C(=O)N3CCCC[C@H]3C(=O)O2)CC[C@H]1OCCO.